The normalized spacial score (nSPS) is 26.4. The van der Waals surface area contributed by atoms with Crippen LogP contribution in [0.2, 0.25) is 0 Å². The molecular weight excluding hydrogens is 351 g/mol. The molecule has 2 aromatic carbocycles. The van der Waals surface area contributed by atoms with Crippen molar-refractivity contribution in [1.29, 1.82) is 0 Å². The molecule has 144 valence electrons. The number of halogens is 3. The SMILES string of the molecule is Fc1ccc(C2CNNC2C2CCCN(Cc3c(F)cccc3F)C2)cc1. The number of piperidine rings is 1. The van der Waals surface area contributed by atoms with E-state index in [1.807, 2.05) is 12.1 Å². The number of likely N-dealkylation sites (tertiary alicyclic amines) is 1. The molecule has 3 nitrogen and oxygen atoms in total. The van der Waals surface area contributed by atoms with Crippen LogP contribution in [0.4, 0.5) is 13.2 Å². The van der Waals surface area contributed by atoms with Crippen LogP contribution in [0, 0.1) is 23.4 Å². The highest BCUT2D eigenvalue weighted by atomic mass is 19.1. The standard InChI is InChI=1S/C21H24F3N3/c22-16-8-6-14(7-9-16)17-11-25-26-21(17)15-3-2-10-27(12-15)13-18-19(23)4-1-5-20(18)24/h1,4-9,15,17,21,25-26H,2-3,10-13H2. The van der Waals surface area contributed by atoms with Gasteiger partial charge in [-0.25, -0.2) is 13.2 Å². The maximum Gasteiger partial charge on any atom is 0.130 e. The zero-order valence-electron chi connectivity index (χ0n) is 15.1. The maximum absolute atomic E-state index is 14.0. The average Bonchev–Trinajstić information content (AvgIpc) is 3.16. The fraction of sp³-hybridized carbons (Fsp3) is 0.429. The summed E-state index contributed by atoms with van der Waals surface area (Å²) >= 11 is 0. The highest BCUT2D eigenvalue weighted by molar-refractivity contribution is 5.24. The first-order chi connectivity index (χ1) is 13.1. The molecule has 2 aliphatic heterocycles. The van der Waals surface area contributed by atoms with Crippen LogP contribution in [0.1, 0.15) is 29.9 Å². The van der Waals surface area contributed by atoms with Crippen molar-refractivity contribution in [3.05, 3.63) is 71.0 Å². The summed E-state index contributed by atoms with van der Waals surface area (Å²) in [4.78, 5) is 2.14. The third-order valence-corrected chi connectivity index (χ3v) is 5.82. The highest BCUT2D eigenvalue weighted by Crippen LogP contribution is 2.32. The Balaban J connectivity index is 1.46. The highest BCUT2D eigenvalue weighted by Gasteiger charge is 2.36. The van der Waals surface area contributed by atoms with E-state index in [4.69, 9.17) is 0 Å². The van der Waals surface area contributed by atoms with Gasteiger partial charge in [-0.05, 0) is 55.1 Å². The predicted octanol–water partition coefficient (Wildman–Crippen LogP) is 3.58. The molecule has 4 rings (SSSR count). The summed E-state index contributed by atoms with van der Waals surface area (Å²) in [5.41, 5.74) is 7.86. The molecule has 0 radical (unpaired) electrons. The number of benzene rings is 2. The molecule has 2 heterocycles. The summed E-state index contributed by atoms with van der Waals surface area (Å²) in [5.74, 6) is -0.590. The number of hydrogen-bond donors (Lipinski definition) is 2. The van der Waals surface area contributed by atoms with Gasteiger partial charge in [0.25, 0.3) is 0 Å². The van der Waals surface area contributed by atoms with E-state index in [2.05, 4.69) is 15.8 Å². The number of nitrogens with one attached hydrogen (secondary N) is 2. The fourth-order valence-electron chi connectivity index (χ4n) is 4.43. The molecule has 0 saturated carbocycles. The van der Waals surface area contributed by atoms with Crippen molar-refractivity contribution >= 4 is 0 Å². The van der Waals surface area contributed by atoms with Crippen LogP contribution in [0.15, 0.2) is 42.5 Å². The number of nitrogens with zero attached hydrogens (tertiary/aromatic N) is 1. The predicted molar refractivity (Wildman–Crippen MR) is 98.4 cm³/mol. The summed E-state index contributed by atoms with van der Waals surface area (Å²) in [7, 11) is 0. The average molecular weight is 375 g/mol. The third kappa shape index (κ3) is 4.03. The van der Waals surface area contributed by atoms with Gasteiger partial charge in [0.05, 0.1) is 0 Å². The molecular formula is C21H24F3N3. The molecule has 6 heteroatoms. The van der Waals surface area contributed by atoms with E-state index in [1.54, 1.807) is 0 Å². The van der Waals surface area contributed by atoms with Crippen LogP contribution in [0.5, 0.6) is 0 Å². The molecule has 2 fully saturated rings. The summed E-state index contributed by atoms with van der Waals surface area (Å²) in [6, 6.07) is 10.9. The fourth-order valence-corrected chi connectivity index (χ4v) is 4.43. The van der Waals surface area contributed by atoms with E-state index in [0.29, 0.717) is 5.92 Å². The van der Waals surface area contributed by atoms with Gasteiger partial charge in [-0.2, -0.15) is 0 Å². The Kier molecular flexibility index (Phi) is 5.48. The minimum Gasteiger partial charge on any atom is -0.299 e. The molecule has 0 amide bonds. The van der Waals surface area contributed by atoms with Crippen LogP contribution in [-0.2, 0) is 6.54 Å². The minimum atomic E-state index is -0.484. The molecule has 2 saturated heterocycles. The molecule has 0 bridgehead atoms. The summed E-state index contributed by atoms with van der Waals surface area (Å²) < 4.78 is 41.2. The molecule has 0 aliphatic carbocycles. The molecule has 0 aromatic heterocycles. The number of rotatable bonds is 4. The van der Waals surface area contributed by atoms with Crippen LogP contribution >= 0.6 is 0 Å². The molecule has 2 N–H and O–H groups in total. The van der Waals surface area contributed by atoms with Crippen molar-refractivity contribution in [3.8, 4) is 0 Å². The van der Waals surface area contributed by atoms with E-state index in [9.17, 15) is 13.2 Å². The van der Waals surface area contributed by atoms with Crippen molar-refractivity contribution in [1.82, 2.24) is 15.8 Å². The van der Waals surface area contributed by atoms with Gasteiger partial charge in [-0.3, -0.25) is 15.8 Å². The number of hydrazine groups is 1. The lowest BCUT2D eigenvalue weighted by molar-refractivity contribution is 0.137. The van der Waals surface area contributed by atoms with Gasteiger partial charge in [0.2, 0.25) is 0 Å². The van der Waals surface area contributed by atoms with Crippen LogP contribution in [0.25, 0.3) is 0 Å². The van der Waals surface area contributed by atoms with E-state index < -0.39 is 11.6 Å². The van der Waals surface area contributed by atoms with E-state index in [0.717, 1.165) is 38.0 Å². The molecule has 2 aromatic rings. The second kappa shape index (κ2) is 8.00. The van der Waals surface area contributed by atoms with E-state index >= 15 is 0 Å². The van der Waals surface area contributed by atoms with Crippen molar-refractivity contribution in [3.63, 3.8) is 0 Å². The molecule has 3 unspecified atom stereocenters. The van der Waals surface area contributed by atoms with E-state index in [1.165, 1.54) is 30.3 Å². The van der Waals surface area contributed by atoms with E-state index in [-0.39, 0.29) is 29.9 Å². The molecule has 3 atom stereocenters. The van der Waals surface area contributed by atoms with Gasteiger partial charge in [0, 0.05) is 37.2 Å². The summed E-state index contributed by atoms with van der Waals surface area (Å²) in [5, 5.41) is 0. The zero-order chi connectivity index (χ0) is 18.8. The minimum absolute atomic E-state index is 0.144. The molecule has 0 spiro atoms. The van der Waals surface area contributed by atoms with Gasteiger partial charge >= 0.3 is 0 Å². The summed E-state index contributed by atoms with van der Waals surface area (Å²) in [6.07, 6.45) is 2.06. The van der Waals surface area contributed by atoms with Gasteiger partial charge in [0.15, 0.2) is 0 Å². The van der Waals surface area contributed by atoms with Crippen LogP contribution < -0.4 is 10.9 Å². The van der Waals surface area contributed by atoms with Crippen molar-refractivity contribution in [2.45, 2.75) is 31.3 Å². The second-order valence-corrected chi connectivity index (χ2v) is 7.55. The van der Waals surface area contributed by atoms with Gasteiger partial charge in [0.1, 0.15) is 17.5 Å². The van der Waals surface area contributed by atoms with Crippen molar-refractivity contribution < 1.29 is 13.2 Å². The Morgan fingerprint density at radius 1 is 1.00 bits per heavy atom. The smallest absolute Gasteiger partial charge is 0.130 e. The lowest BCUT2D eigenvalue weighted by atomic mass is 9.81. The van der Waals surface area contributed by atoms with Crippen molar-refractivity contribution in [2.75, 3.05) is 19.6 Å². The molecule has 27 heavy (non-hydrogen) atoms. The Morgan fingerprint density at radius 2 is 1.74 bits per heavy atom. The van der Waals surface area contributed by atoms with Gasteiger partial charge < -0.3 is 0 Å². The maximum atomic E-state index is 14.0. The van der Waals surface area contributed by atoms with Gasteiger partial charge in [-0.15, -0.1) is 0 Å². The monoisotopic (exact) mass is 375 g/mol. The van der Waals surface area contributed by atoms with Gasteiger partial charge in [-0.1, -0.05) is 18.2 Å². The van der Waals surface area contributed by atoms with Crippen LogP contribution in [-0.4, -0.2) is 30.6 Å². The van der Waals surface area contributed by atoms with Crippen molar-refractivity contribution in [2.24, 2.45) is 5.92 Å². The second-order valence-electron chi connectivity index (χ2n) is 7.55. The largest absolute Gasteiger partial charge is 0.299 e. The zero-order valence-corrected chi connectivity index (χ0v) is 15.1. The Bertz CT molecular complexity index is 760. The first-order valence-corrected chi connectivity index (χ1v) is 9.51. The quantitative estimate of drug-likeness (QED) is 0.856. The van der Waals surface area contributed by atoms with Crippen LogP contribution in [0.3, 0.4) is 0 Å². The Hall–Kier alpha value is -1.89. The Labute approximate surface area is 157 Å². The Morgan fingerprint density at radius 3 is 2.48 bits per heavy atom. The summed E-state index contributed by atoms with van der Waals surface area (Å²) in [6.45, 7) is 2.70. The first-order valence-electron chi connectivity index (χ1n) is 9.51. The first kappa shape index (κ1) is 18.5. The molecule has 2 aliphatic rings. The lowest BCUT2D eigenvalue weighted by Crippen LogP contribution is -2.46. The topological polar surface area (TPSA) is 27.3 Å². The third-order valence-electron chi connectivity index (χ3n) is 5.82. The lowest BCUT2D eigenvalue weighted by Gasteiger charge is -2.37. The number of hydrogen-bond acceptors (Lipinski definition) is 3.